The maximum absolute atomic E-state index is 12.7. The summed E-state index contributed by atoms with van der Waals surface area (Å²) in [5.41, 5.74) is 0.955. The summed E-state index contributed by atoms with van der Waals surface area (Å²) in [6, 6.07) is 2.47. The molecule has 0 radical (unpaired) electrons. The van der Waals surface area contributed by atoms with Gasteiger partial charge in [-0.05, 0) is 18.9 Å². The van der Waals surface area contributed by atoms with E-state index in [-0.39, 0.29) is 12.1 Å². The Labute approximate surface area is 150 Å². The van der Waals surface area contributed by atoms with Crippen molar-refractivity contribution in [3.63, 3.8) is 0 Å². The fraction of sp³-hybridized carbons (Fsp3) is 0.778. The minimum absolute atomic E-state index is 0.00783. The fourth-order valence-electron chi connectivity index (χ4n) is 4.07. The average Bonchev–Trinajstić information content (AvgIpc) is 3.08. The molecule has 7 nitrogen and oxygen atoms in total. The number of urea groups is 1. The van der Waals surface area contributed by atoms with Gasteiger partial charge >= 0.3 is 6.03 Å². The molecule has 0 spiro atoms. The van der Waals surface area contributed by atoms with Gasteiger partial charge in [0.05, 0.1) is 18.3 Å². The maximum atomic E-state index is 12.7. The van der Waals surface area contributed by atoms with E-state index >= 15 is 0 Å². The largest absolute Gasteiger partial charge is 0.382 e. The second kappa shape index (κ2) is 8.67. The Morgan fingerprint density at radius 2 is 2.00 bits per heavy atom. The summed E-state index contributed by atoms with van der Waals surface area (Å²) >= 11 is 0. The van der Waals surface area contributed by atoms with Crippen LogP contribution in [0.1, 0.15) is 43.8 Å². The highest BCUT2D eigenvalue weighted by Crippen LogP contribution is 2.23. The summed E-state index contributed by atoms with van der Waals surface area (Å²) in [5.74, 6) is 0. The molecule has 1 aliphatic heterocycles. The second-order valence-electron chi connectivity index (χ2n) is 7.15. The number of rotatable bonds is 5. The Morgan fingerprint density at radius 1 is 1.28 bits per heavy atom. The van der Waals surface area contributed by atoms with Crippen molar-refractivity contribution in [3.05, 3.63) is 18.0 Å². The van der Waals surface area contributed by atoms with Crippen molar-refractivity contribution in [2.45, 2.75) is 44.2 Å². The van der Waals surface area contributed by atoms with Crippen LogP contribution in [0.25, 0.3) is 0 Å². The Bertz CT molecular complexity index is 547. The number of nitrogens with zero attached hydrogens (tertiary/aromatic N) is 4. The molecule has 2 aliphatic rings. The predicted molar refractivity (Wildman–Crippen MR) is 96.4 cm³/mol. The zero-order valence-corrected chi connectivity index (χ0v) is 15.5. The van der Waals surface area contributed by atoms with Crippen LogP contribution < -0.4 is 5.32 Å². The van der Waals surface area contributed by atoms with Gasteiger partial charge in [-0.3, -0.25) is 9.58 Å². The van der Waals surface area contributed by atoms with E-state index in [0.29, 0.717) is 6.61 Å². The number of hydrogen-bond acceptors (Lipinski definition) is 4. The minimum Gasteiger partial charge on any atom is -0.382 e. The molecule has 25 heavy (non-hydrogen) atoms. The zero-order chi connectivity index (χ0) is 17.6. The quantitative estimate of drug-likeness (QED) is 0.880. The Hall–Kier alpha value is -1.60. The molecule has 1 saturated heterocycles. The first-order valence-corrected chi connectivity index (χ1v) is 9.45. The van der Waals surface area contributed by atoms with Gasteiger partial charge in [-0.2, -0.15) is 5.10 Å². The standard InChI is InChI=1S/C18H31N5O2/c1-21-17(8-9-19-21)16(14-25-2)20-18(24)23-12-10-22(11-13-23)15-6-4-3-5-7-15/h8-9,15-16H,3-7,10-14H2,1-2H3,(H,20,24). The number of aromatic nitrogens is 2. The van der Waals surface area contributed by atoms with E-state index in [9.17, 15) is 4.79 Å². The normalized spacial score (nSPS) is 21.3. The molecule has 1 aromatic rings. The van der Waals surface area contributed by atoms with Crippen LogP contribution in [-0.4, -0.2) is 71.5 Å². The number of nitrogens with one attached hydrogen (secondary N) is 1. The van der Waals surface area contributed by atoms with Gasteiger partial charge in [-0.15, -0.1) is 0 Å². The molecule has 1 saturated carbocycles. The number of amides is 2. The van der Waals surface area contributed by atoms with Crippen LogP contribution in [0.2, 0.25) is 0 Å². The van der Waals surface area contributed by atoms with E-state index in [0.717, 1.165) is 37.9 Å². The van der Waals surface area contributed by atoms with Gasteiger partial charge in [0.15, 0.2) is 0 Å². The first-order chi connectivity index (χ1) is 12.2. The highest BCUT2D eigenvalue weighted by atomic mass is 16.5. The van der Waals surface area contributed by atoms with Gasteiger partial charge in [0.1, 0.15) is 0 Å². The van der Waals surface area contributed by atoms with Crippen LogP contribution in [0.3, 0.4) is 0 Å². The molecular formula is C18H31N5O2. The first-order valence-electron chi connectivity index (χ1n) is 9.45. The molecule has 7 heteroatoms. The van der Waals surface area contributed by atoms with Crippen LogP contribution in [0, 0.1) is 0 Å². The van der Waals surface area contributed by atoms with Gasteiger partial charge in [0, 0.05) is 52.6 Å². The molecule has 1 aliphatic carbocycles. The number of hydrogen-bond donors (Lipinski definition) is 1. The lowest BCUT2D eigenvalue weighted by atomic mass is 9.94. The lowest BCUT2D eigenvalue weighted by Crippen LogP contribution is -2.55. The number of carbonyl (C=O) groups is 1. The number of ether oxygens (including phenoxy) is 1. The van der Waals surface area contributed by atoms with Gasteiger partial charge in [0.25, 0.3) is 0 Å². The molecule has 2 amide bonds. The molecule has 2 heterocycles. The van der Waals surface area contributed by atoms with Crippen molar-refractivity contribution in [2.75, 3.05) is 39.9 Å². The van der Waals surface area contributed by atoms with Crippen LogP contribution in [0.4, 0.5) is 4.79 Å². The van der Waals surface area contributed by atoms with Crippen LogP contribution in [-0.2, 0) is 11.8 Å². The summed E-state index contributed by atoms with van der Waals surface area (Å²) in [7, 11) is 3.53. The monoisotopic (exact) mass is 349 g/mol. The molecule has 140 valence electrons. The molecule has 1 unspecified atom stereocenters. The van der Waals surface area contributed by atoms with Gasteiger partial charge < -0.3 is 15.0 Å². The van der Waals surface area contributed by atoms with E-state index in [1.807, 2.05) is 18.0 Å². The highest BCUT2D eigenvalue weighted by molar-refractivity contribution is 5.74. The van der Waals surface area contributed by atoms with Gasteiger partial charge in [-0.25, -0.2) is 4.79 Å². The smallest absolute Gasteiger partial charge is 0.318 e. The molecule has 1 N–H and O–H groups in total. The van der Waals surface area contributed by atoms with Crippen molar-refractivity contribution in [1.82, 2.24) is 24.9 Å². The molecule has 0 aromatic carbocycles. The molecular weight excluding hydrogens is 318 g/mol. The highest BCUT2D eigenvalue weighted by Gasteiger charge is 2.28. The topological polar surface area (TPSA) is 62.6 Å². The number of aryl methyl sites for hydroxylation is 1. The first kappa shape index (κ1) is 18.2. The fourth-order valence-corrected chi connectivity index (χ4v) is 4.07. The third-order valence-electron chi connectivity index (χ3n) is 5.54. The second-order valence-corrected chi connectivity index (χ2v) is 7.15. The minimum atomic E-state index is -0.179. The SMILES string of the molecule is COCC(NC(=O)N1CCN(C2CCCCC2)CC1)c1ccnn1C. The third-order valence-corrected chi connectivity index (χ3v) is 5.54. The summed E-state index contributed by atoms with van der Waals surface area (Å²) in [6.45, 7) is 4.01. The molecule has 3 rings (SSSR count). The number of methoxy groups -OCH3 is 1. The number of carbonyl (C=O) groups excluding carboxylic acids is 1. The average molecular weight is 349 g/mol. The van der Waals surface area contributed by atoms with Crippen molar-refractivity contribution >= 4 is 6.03 Å². The Morgan fingerprint density at radius 3 is 2.60 bits per heavy atom. The van der Waals surface area contributed by atoms with E-state index in [1.54, 1.807) is 18.0 Å². The van der Waals surface area contributed by atoms with Gasteiger partial charge in [0.2, 0.25) is 0 Å². The maximum Gasteiger partial charge on any atom is 0.318 e. The van der Waals surface area contributed by atoms with Crippen LogP contribution in [0.5, 0.6) is 0 Å². The van der Waals surface area contributed by atoms with E-state index < -0.39 is 0 Å². The zero-order valence-electron chi connectivity index (χ0n) is 15.5. The molecule has 0 bridgehead atoms. The summed E-state index contributed by atoms with van der Waals surface area (Å²) in [4.78, 5) is 17.2. The molecule has 1 atom stereocenters. The lowest BCUT2D eigenvalue weighted by molar-refractivity contribution is 0.0872. The van der Waals surface area contributed by atoms with Crippen LogP contribution in [0.15, 0.2) is 12.3 Å². The summed E-state index contributed by atoms with van der Waals surface area (Å²) < 4.78 is 7.07. The van der Waals surface area contributed by atoms with Crippen molar-refractivity contribution in [3.8, 4) is 0 Å². The third kappa shape index (κ3) is 4.52. The van der Waals surface area contributed by atoms with Gasteiger partial charge in [-0.1, -0.05) is 19.3 Å². The predicted octanol–water partition coefficient (Wildman–Crippen LogP) is 1.77. The Balaban J connectivity index is 1.52. The lowest BCUT2D eigenvalue weighted by Gasteiger charge is -2.41. The van der Waals surface area contributed by atoms with E-state index in [4.69, 9.17) is 4.74 Å². The molecule has 2 fully saturated rings. The summed E-state index contributed by atoms with van der Waals surface area (Å²) in [6.07, 6.45) is 8.48. The summed E-state index contributed by atoms with van der Waals surface area (Å²) in [5, 5.41) is 7.30. The number of piperazine rings is 1. The molecule has 1 aromatic heterocycles. The van der Waals surface area contributed by atoms with Crippen molar-refractivity contribution in [2.24, 2.45) is 7.05 Å². The van der Waals surface area contributed by atoms with E-state index in [1.165, 1.54) is 32.1 Å². The van der Waals surface area contributed by atoms with E-state index in [2.05, 4.69) is 15.3 Å². The van der Waals surface area contributed by atoms with Crippen LogP contribution >= 0.6 is 0 Å². The van der Waals surface area contributed by atoms with Crippen molar-refractivity contribution in [1.29, 1.82) is 0 Å². The Kier molecular flexibility index (Phi) is 6.31. The van der Waals surface area contributed by atoms with Crippen molar-refractivity contribution < 1.29 is 9.53 Å².